The highest BCUT2D eigenvalue weighted by Crippen LogP contribution is 2.25. The molecule has 0 spiro atoms. The first-order valence-electron chi connectivity index (χ1n) is 6.52. The molecule has 0 aliphatic rings. The molecular formula is C15H19FN2O3. The van der Waals surface area contributed by atoms with Crippen LogP contribution in [-0.4, -0.2) is 30.4 Å². The van der Waals surface area contributed by atoms with Crippen LogP contribution in [-0.2, 0) is 0 Å². The summed E-state index contributed by atoms with van der Waals surface area (Å²) in [6.07, 6.45) is 5.09. The summed E-state index contributed by atoms with van der Waals surface area (Å²) in [4.78, 5) is 11.9. The number of aliphatic hydroxyl groups is 1. The first kappa shape index (κ1) is 16.8. The molecule has 0 radical (unpaired) electrons. The Labute approximate surface area is 123 Å². The van der Waals surface area contributed by atoms with E-state index < -0.39 is 11.8 Å². The first-order chi connectivity index (χ1) is 9.97. The van der Waals surface area contributed by atoms with Crippen molar-refractivity contribution in [2.24, 2.45) is 5.92 Å². The third-order valence-electron chi connectivity index (χ3n) is 3.00. The number of anilines is 1. The van der Waals surface area contributed by atoms with Crippen LogP contribution in [0, 0.1) is 24.1 Å². The summed E-state index contributed by atoms with van der Waals surface area (Å²) >= 11 is 0. The van der Waals surface area contributed by atoms with Crippen LogP contribution in [0.15, 0.2) is 18.2 Å². The molecule has 1 aromatic carbocycles. The lowest BCUT2D eigenvalue weighted by atomic mass is 10.1. The molecule has 0 aliphatic carbocycles. The standard InChI is InChI=1S/C15H19FN2O3/c1-4-7-21-14-8-12(16)5-6-13(14)18-15(20)17-11(3)10(2)9-19/h1,5-6,8,10-11,19H,7,9H2,2-3H3,(H2,17,18,20)/t10-,11+/m0/s1. The summed E-state index contributed by atoms with van der Waals surface area (Å²) in [6, 6.07) is 3.05. The lowest BCUT2D eigenvalue weighted by Crippen LogP contribution is -2.40. The van der Waals surface area contributed by atoms with E-state index >= 15 is 0 Å². The van der Waals surface area contributed by atoms with Gasteiger partial charge in [-0.15, -0.1) is 6.42 Å². The van der Waals surface area contributed by atoms with Gasteiger partial charge in [-0.1, -0.05) is 12.8 Å². The molecule has 6 heteroatoms. The Balaban J connectivity index is 2.73. The van der Waals surface area contributed by atoms with Gasteiger partial charge in [-0.25, -0.2) is 9.18 Å². The molecule has 2 amide bonds. The number of amides is 2. The second-order valence-electron chi connectivity index (χ2n) is 4.68. The minimum atomic E-state index is -0.491. The molecule has 1 aromatic rings. The molecule has 0 saturated carbocycles. The molecule has 0 bridgehead atoms. The van der Waals surface area contributed by atoms with Crippen LogP contribution in [0.2, 0.25) is 0 Å². The Hall–Kier alpha value is -2.26. The minimum Gasteiger partial charge on any atom is -0.479 e. The number of urea groups is 1. The van der Waals surface area contributed by atoms with E-state index in [4.69, 9.17) is 16.3 Å². The number of benzene rings is 1. The fourth-order valence-electron chi connectivity index (χ4n) is 1.50. The van der Waals surface area contributed by atoms with Crippen molar-refractivity contribution in [1.29, 1.82) is 0 Å². The fraction of sp³-hybridized carbons (Fsp3) is 0.400. The number of terminal acetylenes is 1. The van der Waals surface area contributed by atoms with Gasteiger partial charge in [0.1, 0.15) is 18.2 Å². The van der Waals surface area contributed by atoms with Crippen molar-refractivity contribution in [3.8, 4) is 18.1 Å². The Morgan fingerprint density at radius 2 is 2.24 bits per heavy atom. The van der Waals surface area contributed by atoms with Gasteiger partial charge >= 0.3 is 6.03 Å². The highest BCUT2D eigenvalue weighted by atomic mass is 19.1. The van der Waals surface area contributed by atoms with Gasteiger partial charge < -0.3 is 20.5 Å². The van der Waals surface area contributed by atoms with Gasteiger partial charge in [0.05, 0.1) is 5.69 Å². The molecule has 3 N–H and O–H groups in total. The molecule has 0 saturated heterocycles. The number of rotatable bonds is 6. The predicted octanol–water partition coefficient (Wildman–Crippen LogP) is 1.98. The predicted molar refractivity (Wildman–Crippen MR) is 78.6 cm³/mol. The van der Waals surface area contributed by atoms with E-state index in [0.29, 0.717) is 5.69 Å². The van der Waals surface area contributed by atoms with Crippen molar-refractivity contribution in [1.82, 2.24) is 5.32 Å². The zero-order chi connectivity index (χ0) is 15.8. The summed E-state index contributed by atoms with van der Waals surface area (Å²) in [5.41, 5.74) is 0.313. The SMILES string of the molecule is C#CCOc1cc(F)ccc1NC(=O)N[C@H](C)[C@@H](C)CO. The number of carbonyl (C=O) groups excluding carboxylic acids is 1. The van der Waals surface area contributed by atoms with Crippen LogP contribution in [0.25, 0.3) is 0 Å². The Kier molecular flexibility index (Phi) is 6.50. The topological polar surface area (TPSA) is 70.6 Å². The molecule has 0 unspecified atom stereocenters. The molecule has 21 heavy (non-hydrogen) atoms. The summed E-state index contributed by atoms with van der Waals surface area (Å²) < 4.78 is 18.4. The zero-order valence-electron chi connectivity index (χ0n) is 12.0. The first-order valence-corrected chi connectivity index (χ1v) is 6.52. The highest BCUT2D eigenvalue weighted by Gasteiger charge is 2.15. The minimum absolute atomic E-state index is 0.0301. The van der Waals surface area contributed by atoms with Gasteiger partial charge in [0.15, 0.2) is 0 Å². The van der Waals surface area contributed by atoms with Gasteiger partial charge in [0.2, 0.25) is 0 Å². The van der Waals surface area contributed by atoms with Crippen molar-refractivity contribution < 1.29 is 19.0 Å². The molecule has 114 valence electrons. The van der Waals surface area contributed by atoms with E-state index in [1.54, 1.807) is 6.92 Å². The molecule has 5 nitrogen and oxygen atoms in total. The Morgan fingerprint density at radius 1 is 1.52 bits per heavy atom. The Bertz CT molecular complexity index is 528. The van der Waals surface area contributed by atoms with Crippen LogP contribution in [0.1, 0.15) is 13.8 Å². The van der Waals surface area contributed by atoms with Gasteiger partial charge in [-0.2, -0.15) is 0 Å². The van der Waals surface area contributed by atoms with Crippen LogP contribution in [0.5, 0.6) is 5.75 Å². The summed E-state index contributed by atoms with van der Waals surface area (Å²) in [6.45, 7) is 3.53. The van der Waals surface area contributed by atoms with Gasteiger partial charge in [0, 0.05) is 18.7 Å². The van der Waals surface area contributed by atoms with E-state index in [0.717, 1.165) is 6.07 Å². The van der Waals surface area contributed by atoms with Crippen molar-refractivity contribution in [2.75, 3.05) is 18.5 Å². The van der Waals surface area contributed by atoms with Gasteiger partial charge in [-0.05, 0) is 25.0 Å². The van der Waals surface area contributed by atoms with Crippen molar-refractivity contribution in [2.45, 2.75) is 19.9 Å². The molecule has 2 atom stereocenters. The van der Waals surface area contributed by atoms with Crippen molar-refractivity contribution >= 4 is 11.7 Å². The zero-order valence-corrected chi connectivity index (χ0v) is 12.0. The quantitative estimate of drug-likeness (QED) is 0.703. The molecule has 0 aliphatic heterocycles. The third kappa shape index (κ3) is 5.32. The average molecular weight is 294 g/mol. The number of hydrogen-bond donors (Lipinski definition) is 3. The summed E-state index contributed by atoms with van der Waals surface area (Å²) in [7, 11) is 0. The van der Waals surface area contributed by atoms with Crippen molar-refractivity contribution in [3.63, 3.8) is 0 Å². The van der Waals surface area contributed by atoms with E-state index in [9.17, 15) is 9.18 Å². The van der Waals surface area contributed by atoms with E-state index in [1.165, 1.54) is 12.1 Å². The lowest BCUT2D eigenvalue weighted by Gasteiger charge is -2.20. The Morgan fingerprint density at radius 3 is 2.86 bits per heavy atom. The number of carbonyl (C=O) groups is 1. The summed E-state index contributed by atoms with van der Waals surface area (Å²) in [5.74, 6) is 1.86. The van der Waals surface area contributed by atoms with Crippen molar-refractivity contribution in [3.05, 3.63) is 24.0 Å². The largest absolute Gasteiger partial charge is 0.479 e. The maximum atomic E-state index is 13.2. The monoisotopic (exact) mass is 294 g/mol. The summed E-state index contributed by atoms with van der Waals surface area (Å²) in [5, 5.41) is 14.3. The maximum absolute atomic E-state index is 13.2. The van der Waals surface area contributed by atoms with Crippen LogP contribution >= 0.6 is 0 Å². The highest BCUT2D eigenvalue weighted by molar-refractivity contribution is 5.91. The smallest absolute Gasteiger partial charge is 0.319 e. The van der Waals surface area contributed by atoms with E-state index in [-0.39, 0.29) is 30.9 Å². The number of halogens is 1. The molecule has 0 fully saturated rings. The normalized spacial score (nSPS) is 12.9. The fourth-order valence-corrected chi connectivity index (χ4v) is 1.50. The molecule has 0 aromatic heterocycles. The van der Waals surface area contributed by atoms with Gasteiger partial charge in [0.25, 0.3) is 0 Å². The lowest BCUT2D eigenvalue weighted by molar-refractivity contribution is 0.204. The van der Waals surface area contributed by atoms with E-state index in [1.807, 2.05) is 6.92 Å². The second kappa shape index (κ2) is 8.12. The maximum Gasteiger partial charge on any atom is 0.319 e. The number of aliphatic hydroxyl groups excluding tert-OH is 1. The second-order valence-corrected chi connectivity index (χ2v) is 4.68. The molecule has 0 heterocycles. The van der Waals surface area contributed by atoms with E-state index in [2.05, 4.69) is 16.6 Å². The van der Waals surface area contributed by atoms with Crippen LogP contribution in [0.4, 0.5) is 14.9 Å². The number of ether oxygens (including phenoxy) is 1. The van der Waals surface area contributed by atoms with Crippen LogP contribution in [0.3, 0.4) is 0 Å². The number of nitrogens with one attached hydrogen (secondary N) is 2. The van der Waals surface area contributed by atoms with Crippen LogP contribution < -0.4 is 15.4 Å². The average Bonchev–Trinajstić information content (AvgIpc) is 2.46. The third-order valence-corrected chi connectivity index (χ3v) is 3.00. The molecular weight excluding hydrogens is 275 g/mol. The van der Waals surface area contributed by atoms with Gasteiger partial charge in [-0.3, -0.25) is 0 Å². The number of hydrogen-bond acceptors (Lipinski definition) is 3. The molecule has 1 rings (SSSR count).